The molecular formula is C24H28N4O4. The third-order valence-corrected chi connectivity index (χ3v) is 5.76. The second kappa shape index (κ2) is 10.3. The average Bonchev–Trinajstić information content (AvgIpc) is 3.34. The molecule has 168 valence electrons. The fourth-order valence-electron chi connectivity index (χ4n) is 4.12. The number of nitrogens with one attached hydrogen (secondary N) is 1. The summed E-state index contributed by atoms with van der Waals surface area (Å²) in [4.78, 5) is 18.8. The van der Waals surface area contributed by atoms with Gasteiger partial charge < -0.3 is 19.3 Å². The number of likely N-dealkylation sites (tertiary alicyclic amines) is 1. The van der Waals surface area contributed by atoms with Gasteiger partial charge in [-0.25, -0.2) is 0 Å². The van der Waals surface area contributed by atoms with Crippen molar-refractivity contribution in [1.82, 2.24) is 20.4 Å². The Morgan fingerprint density at radius 2 is 2.06 bits per heavy atom. The monoisotopic (exact) mass is 436 g/mol. The number of pyridine rings is 1. The van der Waals surface area contributed by atoms with Crippen LogP contribution in [0.2, 0.25) is 0 Å². The summed E-state index contributed by atoms with van der Waals surface area (Å²) in [6, 6.07) is 11.4. The number of ether oxygens (including phenoxy) is 2. The van der Waals surface area contributed by atoms with E-state index in [9.17, 15) is 4.79 Å². The number of carbonyl (C=O) groups is 1. The van der Waals surface area contributed by atoms with Crippen molar-refractivity contribution < 1.29 is 18.8 Å². The van der Waals surface area contributed by atoms with Gasteiger partial charge in [-0.2, -0.15) is 0 Å². The molecule has 1 atom stereocenters. The Hall–Kier alpha value is -3.39. The number of carbonyl (C=O) groups excluding carboxylic acids is 1. The van der Waals surface area contributed by atoms with Gasteiger partial charge in [-0.15, -0.1) is 0 Å². The van der Waals surface area contributed by atoms with E-state index in [1.54, 1.807) is 32.7 Å². The first-order valence-electron chi connectivity index (χ1n) is 10.7. The third kappa shape index (κ3) is 5.08. The van der Waals surface area contributed by atoms with E-state index >= 15 is 0 Å². The molecule has 8 heteroatoms. The molecule has 1 unspecified atom stereocenters. The van der Waals surface area contributed by atoms with Crippen molar-refractivity contribution in [3.8, 4) is 11.5 Å². The smallest absolute Gasteiger partial charge is 0.290 e. The summed E-state index contributed by atoms with van der Waals surface area (Å²) in [5.74, 6) is 1.69. The Kier molecular flexibility index (Phi) is 7.01. The summed E-state index contributed by atoms with van der Waals surface area (Å²) in [5, 5.41) is 7.06. The van der Waals surface area contributed by atoms with Crippen LogP contribution in [0.25, 0.3) is 0 Å². The van der Waals surface area contributed by atoms with Crippen LogP contribution in [0.1, 0.15) is 46.1 Å². The second-order valence-corrected chi connectivity index (χ2v) is 7.88. The highest BCUT2D eigenvalue weighted by molar-refractivity contribution is 5.91. The zero-order valence-electron chi connectivity index (χ0n) is 18.4. The molecule has 0 saturated carbocycles. The number of benzene rings is 1. The standard InChI is InChI=1S/C24H28N4O4/c1-30-21-7-3-5-19(23(21)31-2)16-28-12-4-6-18(15-28)20-13-22(32-27-20)24(29)26-14-17-8-10-25-11-9-17/h3,5,7-11,13,18H,4,6,12,14-16H2,1-2H3,(H,26,29). The van der Waals surface area contributed by atoms with Gasteiger partial charge in [0.1, 0.15) is 0 Å². The minimum atomic E-state index is -0.269. The van der Waals surface area contributed by atoms with E-state index in [-0.39, 0.29) is 17.6 Å². The lowest BCUT2D eigenvalue weighted by molar-refractivity contribution is 0.0913. The van der Waals surface area contributed by atoms with E-state index in [2.05, 4.69) is 26.4 Å². The largest absolute Gasteiger partial charge is 0.493 e. The predicted molar refractivity (Wildman–Crippen MR) is 119 cm³/mol. The summed E-state index contributed by atoms with van der Waals surface area (Å²) < 4.78 is 16.4. The lowest BCUT2D eigenvalue weighted by Crippen LogP contribution is -2.34. The van der Waals surface area contributed by atoms with Crippen LogP contribution in [0.4, 0.5) is 0 Å². The minimum Gasteiger partial charge on any atom is -0.493 e. The Morgan fingerprint density at radius 1 is 1.22 bits per heavy atom. The zero-order valence-corrected chi connectivity index (χ0v) is 18.4. The second-order valence-electron chi connectivity index (χ2n) is 7.88. The maximum absolute atomic E-state index is 12.5. The van der Waals surface area contributed by atoms with Crippen LogP contribution >= 0.6 is 0 Å². The van der Waals surface area contributed by atoms with Gasteiger partial charge in [-0.05, 0) is 43.1 Å². The number of rotatable bonds is 8. The molecule has 1 N–H and O–H groups in total. The quantitative estimate of drug-likeness (QED) is 0.579. The van der Waals surface area contributed by atoms with Crippen molar-refractivity contribution in [2.75, 3.05) is 27.3 Å². The molecule has 0 aliphatic carbocycles. The predicted octanol–water partition coefficient (Wildman–Crippen LogP) is 3.40. The molecule has 8 nitrogen and oxygen atoms in total. The highest BCUT2D eigenvalue weighted by Crippen LogP contribution is 2.33. The molecular weight excluding hydrogens is 408 g/mol. The summed E-state index contributed by atoms with van der Waals surface area (Å²) in [6.07, 6.45) is 5.46. The summed E-state index contributed by atoms with van der Waals surface area (Å²) >= 11 is 0. The molecule has 0 bridgehead atoms. The number of piperidine rings is 1. The molecule has 1 fully saturated rings. The van der Waals surface area contributed by atoms with Gasteiger partial charge in [0.2, 0.25) is 5.76 Å². The van der Waals surface area contributed by atoms with Crippen molar-refractivity contribution in [1.29, 1.82) is 0 Å². The first kappa shape index (κ1) is 21.8. The van der Waals surface area contributed by atoms with E-state index in [4.69, 9.17) is 14.0 Å². The Labute approximate surface area is 187 Å². The maximum atomic E-state index is 12.5. The molecule has 3 heterocycles. The van der Waals surface area contributed by atoms with Crippen LogP contribution in [-0.2, 0) is 13.1 Å². The van der Waals surface area contributed by atoms with Crippen molar-refractivity contribution in [2.24, 2.45) is 0 Å². The van der Waals surface area contributed by atoms with E-state index < -0.39 is 0 Å². The van der Waals surface area contributed by atoms with Crippen LogP contribution < -0.4 is 14.8 Å². The summed E-state index contributed by atoms with van der Waals surface area (Å²) in [7, 11) is 3.31. The Balaban J connectivity index is 1.38. The van der Waals surface area contributed by atoms with Crippen molar-refractivity contribution >= 4 is 5.91 Å². The van der Waals surface area contributed by atoms with Crippen molar-refractivity contribution in [3.63, 3.8) is 0 Å². The van der Waals surface area contributed by atoms with Gasteiger partial charge in [-0.1, -0.05) is 17.3 Å². The van der Waals surface area contributed by atoms with Gasteiger partial charge in [0, 0.05) is 49.6 Å². The van der Waals surface area contributed by atoms with Crippen LogP contribution in [0, 0.1) is 0 Å². The lowest BCUT2D eigenvalue weighted by atomic mass is 9.94. The van der Waals surface area contributed by atoms with Crippen LogP contribution in [0.15, 0.2) is 53.3 Å². The van der Waals surface area contributed by atoms with Crippen LogP contribution in [0.3, 0.4) is 0 Å². The number of amides is 1. The first-order chi connectivity index (χ1) is 15.7. The fourth-order valence-corrected chi connectivity index (χ4v) is 4.12. The molecule has 0 spiro atoms. The van der Waals surface area contributed by atoms with Crippen LogP contribution in [-0.4, -0.2) is 48.3 Å². The maximum Gasteiger partial charge on any atom is 0.290 e. The topological polar surface area (TPSA) is 89.7 Å². The number of hydrogen-bond donors (Lipinski definition) is 1. The van der Waals surface area contributed by atoms with Crippen molar-refractivity contribution in [2.45, 2.75) is 31.8 Å². The normalized spacial score (nSPS) is 16.5. The number of methoxy groups -OCH3 is 2. The fraction of sp³-hybridized carbons (Fsp3) is 0.375. The molecule has 0 radical (unpaired) electrons. The summed E-state index contributed by atoms with van der Waals surface area (Å²) in [5.41, 5.74) is 2.88. The third-order valence-electron chi connectivity index (χ3n) is 5.76. The highest BCUT2D eigenvalue weighted by Gasteiger charge is 2.26. The molecule has 1 amide bonds. The van der Waals surface area contributed by atoms with Gasteiger partial charge in [0.05, 0.1) is 19.9 Å². The molecule has 1 aromatic carbocycles. The molecule has 2 aromatic heterocycles. The number of nitrogens with zero attached hydrogens (tertiary/aromatic N) is 3. The SMILES string of the molecule is COc1cccc(CN2CCCC(c3cc(C(=O)NCc4ccncc4)on3)C2)c1OC. The van der Waals surface area contributed by atoms with Gasteiger partial charge in [0.25, 0.3) is 5.91 Å². The molecule has 1 aliphatic heterocycles. The molecule has 3 aromatic rings. The zero-order chi connectivity index (χ0) is 22.3. The number of aromatic nitrogens is 2. The Morgan fingerprint density at radius 3 is 2.84 bits per heavy atom. The molecule has 4 rings (SSSR count). The molecule has 32 heavy (non-hydrogen) atoms. The minimum absolute atomic E-state index is 0.214. The lowest BCUT2D eigenvalue weighted by Gasteiger charge is -2.32. The van der Waals surface area contributed by atoms with Crippen molar-refractivity contribution in [3.05, 3.63) is 71.4 Å². The van der Waals surface area contributed by atoms with E-state index in [0.717, 1.165) is 60.8 Å². The average molecular weight is 437 g/mol. The molecule has 1 aliphatic rings. The first-order valence-corrected chi connectivity index (χ1v) is 10.7. The van der Waals surface area contributed by atoms with Crippen LogP contribution in [0.5, 0.6) is 11.5 Å². The van der Waals surface area contributed by atoms with E-state index in [1.165, 1.54) is 0 Å². The number of para-hydroxylation sites is 1. The number of hydrogen-bond acceptors (Lipinski definition) is 7. The van der Waals surface area contributed by atoms with E-state index in [1.807, 2.05) is 24.3 Å². The van der Waals surface area contributed by atoms with Gasteiger partial charge in [-0.3, -0.25) is 14.7 Å². The molecule has 1 saturated heterocycles. The highest BCUT2D eigenvalue weighted by atomic mass is 16.5. The van der Waals surface area contributed by atoms with Gasteiger partial charge >= 0.3 is 0 Å². The Bertz CT molecular complexity index is 1040. The summed E-state index contributed by atoms with van der Waals surface area (Å²) in [6.45, 7) is 3.00. The van der Waals surface area contributed by atoms with Gasteiger partial charge in [0.15, 0.2) is 11.5 Å². The van der Waals surface area contributed by atoms with E-state index in [0.29, 0.717) is 6.54 Å².